The van der Waals surface area contributed by atoms with Gasteiger partial charge in [0.25, 0.3) is 0 Å². The minimum atomic E-state index is 0.141. The second-order valence-corrected chi connectivity index (χ2v) is 6.49. The zero-order chi connectivity index (χ0) is 19.2. The normalized spacial score (nSPS) is 15.7. The van der Waals surface area contributed by atoms with Crippen molar-refractivity contribution in [1.82, 2.24) is 15.2 Å². The van der Waals surface area contributed by atoms with Crippen LogP contribution in [0.25, 0.3) is 11.1 Å². The first-order chi connectivity index (χ1) is 13.1. The molecule has 2 aromatic rings. The molecule has 6 heteroatoms. The Balaban J connectivity index is 1.84. The van der Waals surface area contributed by atoms with E-state index in [-0.39, 0.29) is 5.75 Å². The molecule has 0 saturated carbocycles. The molecule has 3 rings (SSSR count). The number of phenolic OH excluding ortho intramolecular Hbond substituents is 1. The summed E-state index contributed by atoms with van der Waals surface area (Å²) in [5.74, 6) is 0.999. The van der Waals surface area contributed by atoms with E-state index in [1.165, 1.54) is 0 Å². The third kappa shape index (κ3) is 4.60. The van der Waals surface area contributed by atoms with Crippen molar-refractivity contribution in [3.63, 3.8) is 0 Å². The topological polar surface area (TPSA) is 73.1 Å². The lowest BCUT2D eigenvalue weighted by Crippen LogP contribution is -2.45. The van der Waals surface area contributed by atoms with Gasteiger partial charge >= 0.3 is 0 Å². The molecule has 0 bridgehead atoms. The van der Waals surface area contributed by atoms with Crippen molar-refractivity contribution in [3.05, 3.63) is 60.4 Å². The van der Waals surface area contributed by atoms with E-state index in [9.17, 15) is 5.11 Å². The largest absolute Gasteiger partial charge is 0.507 e. The zero-order valence-corrected chi connectivity index (χ0v) is 15.8. The van der Waals surface area contributed by atoms with Crippen molar-refractivity contribution in [2.24, 2.45) is 10.2 Å². The highest BCUT2D eigenvalue weighted by atomic mass is 16.3. The highest BCUT2D eigenvalue weighted by molar-refractivity contribution is 6.10. The predicted molar refractivity (Wildman–Crippen MR) is 110 cm³/mol. The van der Waals surface area contributed by atoms with Gasteiger partial charge in [-0.1, -0.05) is 18.7 Å². The summed E-state index contributed by atoms with van der Waals surface area (Å²) in [4.78, 5) is 6.49. The van der Waals surface area contributed by atoms with Crippen LogP contribution in [0.1, 0.15) is 18.2 Å². The first-order valence-electron chi connectivity index (χ1n) is 9.05. The van der Waals surface area contributed by atoms with E-state index in [0.29, 0.717) is 11.3 Å². The summed E-state index contributed by atoms with van der Waals surface area (Å²) >= 11 is 0. The Bertz CT molecular complexity index is 865. The van der Waals surface area contributed by atoms with Crippen LogP contribution in [0.15, 0.2) is 59.4 Å². The van der Waals surface area contributed by atoms with Gasteiger partial charge in [0.1, 0.15) is 11.6 Å². The Morgan fingerprint density at radius 1 is 1.19 bits per heavy atom. The van der Waals surface area contributed by atoms with Gasteiger partial charge in [-0.3, -0.25) is 4.98 Å². The number of aryl methyl sites for hydroxylation is 1. The second-order valence-electron chi connectivity index (χ2n) is 6.49. The maximum Gasteiger partial charge on any atom is 0.125 e. The monoisotopic (exact) mass is 363 g/mol. The minimum Gasteiger partial charge on any atom is -0.507 e. The molecule has 140 valence electrons. The van der Waals surface area contributed by atoms with Crippen molar-refractivity contribution in [2.45, 2.75) is 13.8 Å². The van der Waals surface area contributed by atoms with Gasteiger partial charge in [-0.05, 0) is 43.7 Å². The fourth-order valence-corrected chi connectivity index (χ4v) is 2.95. The number of hydrogen-bond donors (Lipinski definition) is 2. The van der Waals surface area contributed by atoms with E-state index in [1.54, 1.807) is 18.3 Å². The van der Waals surface area contributed by atoms with Crippen LogP contribution in [-0.4, -0.2) is 52.7 Å². The molecule has 0 unspecified atom stereocenters. The molecular weight excluding hydrogens is 338 g/mol. The lowest BCUT2D eigenvalue weighted by Gasteiger charge is -2.28. The van der Waals surface area contributed by atoms with Gasteiger partial charge in [0.05, 0.1) is 5.71 Å². The van der Waals surface area contributed by atoms with Crippen LogP contribution in [0.5, 0.6) is 5.75 Å². The smallest absolute Gasteiger partial charge is 0.125 e. The molecule has 0 aliphatic carbocycles. The van der Waals surface area contributed by atoms with Crippen molar-refractivity contribution >= 4 is 11.5 Å². The van der Waals surface area contributed by atoms with E-state index in [4.69, 9.17) is 0 Å². The van der Waals surface area contributed by atoms with Crippen LogP contribution in [0.3, 0.4) is 0 Å². The first-order valence-corrected chi connectivity index (χ1v) is 9.05. The van der Waals surface area contributed by atoms with Crippen LogP contribution >= 0.6 is 0 Å². The van der Waals surface area contributed by atoms with Gasteiger partial charge in [0.2, 0.25) is 0 Å². The Hall–Kier alpha value is -2.99. The molecule has 1 aromatic carbocycles. The van der Waals surface area contributed by atoms with Gasteiger partial charge < -0.3 is 15.3 Å². The maximum absolute atomic E-state index is 10.5. The fourth-order valence-electron chi connectivity index (χ4n) is 2.95. The van der Waals surface area contributed by atoms with E-state index < -0.39 is 0 Å². The fraction of sp³-hybridized carbons (Fsp3) is 0.286. The van der Waals surface area contributed by atoms with Crippen LogP contribution in [0, 0.1) is 6.92 Å². The summed E-state index contributed by atoms with van der Waals surface area (Å²) in [6.07, 6.45) is 3.41. The third-order valence-electron chi connectivity index (χ3n) is 4.59. The van der Waals surface area contributed by atoms with Crippen LogP contribution < -0.4 is 5.32 Å². The summed E-state index contributed by atoms with van der Waals surface area (Å²) in [5, 5.41) is 22.5. The van der Waals surface area contributed by atoms with Crippen LogP contribution in [-0.2, 0) is 0 Å². The number of aromatic nitrogens is 1. The molecule has 0 amide bonds. The van der Waals surface area contributed by atoms with Crippen molar-refractivity contribution in [1.29, 1.82) is 0 Å². The summed E-state index contributed by atoms with van der Waals surface area (Å²) in [6, 6.07) is 9.42. The number of pyridine rings is 1. The Labute approximate surface area is 160 Å². The SMILES string of the molecule is C=C/C(=N\N=C(/C)N1CCNCC1)c1ccc(-c2ccc(C)nc2)cc1O. The van der Waals surface area contributed by atoms with Crippen molar-refractivity contribution in [2.75, 3.05) is 26.2 Å². The number of piperazine rings is 1. The van der Waals surface area contributed by atoms with Crippen molar-refractivity contribution < 1.29 is 5.11 Å². The minimum absolute atomic E-state index is 0.141. The van der Waals surface area contributed by atoms with Gasteiger partial charge in [-0.2, -0.15) is 0 Å². The van der Waals surface area contributed by atoms with Crippen LogP contribution in [0.4, 0.5) is 0 Å². The molecule has 6 nitrogen and oxygen atoms in total. The summed E-state index contributed by atoms with van der Waals surface area (Å²) in [6.45, 7) is 11.4. The quantitative estimate of drug-likeness (QED) is 0.498. The molecule has 1 aliphatic heterocycles. The van der Waals surface area contributed by atoms with E-state index in [0.717, 1.165) is 48.8 Å². The molecule has 2 N–H and O–H groups in total. The number of nitrogens with one attached hydrogen (secondary N) is 1. The number of allylic oxidation sites excluding steroid dienone is 1. The zero-order valence-electron chi connectivity index (χ0n) is 15.8. The molecule has 1 aliphatic rings. The average molecular weight is 363 g/mol. The van der Waals surface area contributed by atoms with E-state index in [1.807, 2.05) is 38.1 Å². The Morgan fingerprint density at radius 2 is 1.93 bits per heavy atom. The maximum atomic E-state index is 10.5. The summed E-state index contributed by atoms with van der Waals surface area (Å²) in [5.41, 5.74) is 3.94. The second kappa shape index (κ2) is 8.60. The van der Waals surface area contributed by atoms with Gasteiger partial charge in [0.15, 0.2) is 0 Å². The molecule has 0 spiro atoms. The van der Waals surface area contributed by atoms with Gasteiger partial charge in [-0.25, -0.2) is 0 Å². The summed E-state index contributed by atoms with van der Waals surface area (Å²) < 4.78 is 0. The number of nitrogens with zero attached hydrogens (tertiary/aromatic N) is 4. The molecule has 2 heterocycles. The first kappa shape index (κ1) is 18.8. The highest BCUT2D eigenvalue weighted by Gasteiger charge is 2.12. The summed E-state index contributed by atoms with van der Waals surface area (Å²) in [7, 11) is 0. The standard InChI is InChI=1S/C21H25N5O/c1-4-20(25-24-16(3)26-11-9-22-10-12-26)19-8-7-17(13-21(19)27)18-6-5-15(2)23-14-18/h4-8,13-14,22,27H,1,9-12H2,2-3H3/b24-16+,25-20+. The number of hydrogen-bond acceptors (Lipinski definition) is 5. The number of benzene rings is 1. The van der Waals surface area contributed by atoms with Gasteiger partial charge in [0, 0.05) is 49.2 Å². The Kier molecular flexibility index (Phi) is 5.98. The molecule has 1 saturated heterocycles. The lowest BCUT2D eigenvalue weighted by molar-refractivity contribution is 0.355. The number of aromatic hydroxyl groups is 1. The molecule has 1 aromatic heterocycles. The molecule has 27 heavy (non-hydrogen) atoms. The third-order valence-corrected chi connectivity index (χ3v) is 4.59. The van der Waals surface area contributed by atoms with Crippen LogP contribution in [0.2, 0.25) is 0 Å². The molecule has 1 fully saturated rings. The molecular formula is C21H25N5O. The highest BCUT2D eigenvalue weighted by Crippen LogP contribution is 2.27. The van der Waals surface area contributed by atoms with E-state index >= 15 is 0 Å². The number of phenols is 1. The van der Waals surface area contributed by atoms with E-state index in [2.05, 4.69) is 32.0 Å². The predicted octanol–water partition coefficient (Wildman–Crippen LogP) is 2.98. The van der Waals surface area contributed by atoms with Crippen molar-refractivity contribution in [3.8, 4) is 16.9 Å². The average Bonchev–Trinajstić information content (AvgIpc) is 2.70. The lowest BCUT2D eigenvalue weighted by atomic mass is 10.0. The molecule has 0 atom stereocenters. The van der Waals surface area contributed by atoms with Gasteiger partial charge in [-0.15, -0.1) is 10.2 Å². The number of amidine groups is 1. The Morgan fingerprint density at radius 3 is 2.56 bits per heavy atom. The number of rotatable bonds is 4. The molecule has 0 radical (unpaired) electrons.